The van der Waals surface area contributed by atoms with E-state index >= 15 is 0 Å². The number of hydrogen-bond donors (Lipinski definition) is 2. The molecule has 0 spiro atoms. The molecule has 1 aliphatic carbocycles. The molecule has 0 atom stereocenters. The fourth-order valence-corrected chi connectivity index (χ4v) is 0.819. The lowest BCUT2D eigenvalue weighted by Gasteiger charge is -2.02. The smallest absolute Gasteiger partial charge is 0.0684 e. The van der Waals surface area contributed by atoms with Crippen LogP contribution >= 0.6 is 0 Å². The van der Waals surface area contributed by atoms with Crippen LogP contribution in [0.3, 0.4) is 0 Å². The number of hydrogen-bond acceptors (Lipinski definition) is 2. The minimum absolute atomic E-state index is 0.102. The van der Waals surface area contributed by atoms with Crippen LogP contribution in [0.2, 0.25) is 0 Å². The molecule has 0 amide bonds. The van der Waals surface area contributed by atoms with Crippen molar-refractivity contribution in [3.8, 4) is 0 Å². The Hall–Kier alpha value is -0.820. The zero-order valence-electron chi connectivity index (χ0n) is 5.80. The van der Waals surface area contributed by atoms with Crippen molar-refractivity contribution in [2.45, 2.75) is 6.42 Å². The molecule has 2 nitrogen and oxygen atoms in total. The molecule has 10 heavy (non-hydrogen) atoms. The normalized spacial score (nSPS) is 16.6. The predicted molar refractivity (Wildman–Crippen MR) is 40.4 cm³/mol. The van der Waals surface area contributed by atoms with Crippen molar-refractivity contribution in [2.75, 3.05) is 13.2 Å². The number of nitrogens with two attached hydrogens (primary N) is 1. The van der Waals surface area contributed by atoms with Crippen LogP contribution in [0.4, 0.5) is 0 Å². The van der Waals surface area contributed by atoms with Crippen LogP contribution in [-0.2, 0) is 0 Å². The molecule has 0 aromatic heterocycles. The van der Waals surface area contributed by atoms with E-state index in [2.05, 4.69) is 5.73 Å². The third kappa shape index (κ3) is 1.58. The lowest BCUT2D eigenvalue weighted by Crippen LogP contribution is -2.03. The van der Waals surface area contributed by atoms with Gasteiger partial charge in [0.25, 0.3) is 0 Å². The average Bonchev–Trinajstić information content (AvgIpc) is 2.05. The summed E-state index contributed by atoms with van der Waals surface area (Å²) in [5, 5.41) is 8.67. The van der Waals surface area contributed by atoms with Crippen LogP contribution in [0.5, 0.6) is 0 Å². The number of aliphatic hydroxyl groups excluding tert-OH is 1. The molecule has 0 aromatic rings. The van der Waals surface area contributed by atoms with E-state index in [0.717, 1.165) is 17.6 Å². The fourth-order valence-electron chi connectivity index (χ4n) is 0.819. The van der Waals surface area contributed by atoms with E-state index in [1.165, 1.54) is 0 Å². The highest BCUT2D eigenvalue weighted by Crippen LogP contribution is 2.08. The molecular formula is C8H11NO. The van der Waals surface area contributed by atoms with Gasteiger partial charge < -0.3 is 10.8 Å². The van der Waals surface area contributed by atoms with Crippen molar-refractivity contribution in [1.29, 1.82) is 0 Å². The first-order chi connectivity index (χ1) is 4.86. The summed E-state index contributed by atoms with van der Waals surface area (Å²) in [6, 6.07) is 0. The molecule has 0 heterocycles. The van der Waals surface area contributed by atoms with Gasteiger partial charge in [0, 0.05) is 6.54 Å². The highest BCUT2D eigenvalue weighted by atomic mass is 16.3. The van der Waals surface area contributed by atoms with Crippen LogP contribution in [0.25, 0.3) is 0 Å². The van der Waals surface area contributed by atoms with E-state index in [0.29, 0.717) is 6.54 Å². The second-order valence-corrected chi connectivity index (χ2v) is 2.24. The Labute approximate surface area is 60.4 Å². The quantitative estimate of drug-likeness (QED) is 0.539. The molecule has 3 N–H and O–H groups in total. The van der Waals surface area contributed by atoms with Crippen LogP contribution in [0.15, 0.2) is 29.0 Å². The maximum absolute atomic E-state index is 8.67. The fraction of sp³-hybridized carbons (Fsp3) is 0.375. The summed E-state index contributed by atoms with van der Waals surface area (Å²) in [7, 11) is 0. The number of rotatable bonds is 2. The van der Waals surface area contributed by atoms with Gasteiger partial charge in [-0.15, -0.1) is 5.73 Å². The van der Waals surface area contributed by atoms with Gasteiger partial charge in [0.2, 0.25) is 0 Å². The summed E-state index contributed by atoms with van der Waals surface area (Å²) < 4.78 is 0. The summed E-state index contributed by atoms with van der Waals surface area (Å²) in [6.45, 7) is 0.663. The van der Waals surface area contributed by atoms with E-state index in [4.69, 9.17) is 10.8 Å². The topological polar surface area (TPSA) is 46.2 Å². The van der Waals surface area contributed by atoms with Crippen molar-refractivity contribution < 1.29 is 5.11 Å². The monoisotopic (exact) mass is 137 g/mol. The van der Waals surface area contributed by atoms with Crippen LogP contribution in [-0.4, -0.2) is 18.3 Å². The van der Waals surface area contributed by atoms with E-state index in [9.17, 15) is 0 Å². The first-order valence-electron chi connectivity index (χ1n) is 3.31. The SMILES string of the molecule is NCC1=C=CC(CO)=CC1. The molecule has 2 heteroatoms. The standard InChI is InChI=1S/C8H11NO/c9-5-7-1-3-8(6-10)4-2-7/h3-4,10H,1,5-6,9H2. The molecule has 0 saturated heterocycles. The van der Waals surface area contributed by atoms with Gasteiger partial charge in [-0.2, -0.15) is 0 Å². The highest BCUT2D eigenvalue weighted by Gasteiger charge is 1.97. The van der Waals surface area contributed by atoms with Crippen molar-refractivity contribution in [1.82, 2.24) is 0 Å². The summed E-state index contributed by atoms with van der Waals surface area (Å²) in [6.07, 6.45) is 4.59. The van der Waals surface area contributed by atoms with Gasteiger partial charge in [-0.3, -0.25) is 0 Å². The molecule has 1 rings (SSSR count). The van der Waals surface area contributed by atoms with Crippen molar-refractivity contribution in [3.63, 3.8) is 0 Å². The van der Waals surface area contributed by atoms with Gasteiger partial charge >= 0.3 is 0 Å². The lowest BCUT2D eigenvalue weighted by atomic mass is 10.1. The van der Waals surface area contributed by atoms with E-state index in [1.54, 1.807) is 6.08 Å². The van der Waals surface area contributed by atoms with E-state index in [1.807, 2.05) is 6.08 Å². The Morgan fingerprint density at radius 1 is 1.70 bits per heavy atom. The molecule has 54 valence electrons. The Kier molecular flexibility index (Phi) is 2.46. The molecule has 0 fully saturated rings. The summed E-state index contributed by atoms with van der Waals surface area (Å²) in [5.41, 5.74) is 10.4. The van der Waals surface area contributed by atoms with Crippen LogP contribution in [0.1, 0.15) is 6.42 Å². The van der Waals surface area contributed by atoms with Crippen molar-refractivity contribution in [3.05, 3.63) is 29.0 Å². The molecular weight excluding hydrogens is 126 g/mol. The van der Waals surface area contributed by atoms with Gasteiger partial charge in [-0.05, 0) is 23.6 Å². The van der Waals surface area contributed by atoms with Crippen LogP contribution in [0, 0.1) is 0 Å². The first-order valence-corrected chi connectivity index (χ1v) is 3.31. The molecule has 1 aliphatic rings. The van der Waals surface area contributed by atoms with Gasteiger partial charge in [0.15, 0.2) is 0 Å². The van der Waals surface area contributed by atoms with Crippen LogP contribution < -0.4 is 5.73 Å². The highest BCUT2D eigenvalue weighted by molar-refractivity contribution is 5.27. The lowest BCUT2D eigenvalue weighted by molar-refractivity contribution is 0.334. The largest absolute Gasteiger partial charge is 0.392 e. The maximum atomic E-state index is 8.67. The van der Waals surface area contributed by atoms with Gasteiger partial charge in [-0.25, -0.2) is 0 Å². The van der Waals surface area contributed by atoms with E-state index in [-0.39, 0.29) is 6.61 Å². The molecule has 0 radical (unpaired) electrons. The second kappa shape index (κ2) is 3.37. The van der Waals surface area contributed by atoms with Crippen molar-refractivity contribution >= 4 is 0 Å². The third-order valence-electron chi connectivity index (χ3n) is 1.50. The van der Waals surface area contributed by atoms with Gasteiger partial charge in [-0.1, -0.05) is 6.08 Å². The minimum atomic E-state index is 0.102. The second-order valence-electron chi connectivity index (χ2n) is 2.24. The molecule has 0 unspecified atom stereocenters. The molecule has 0 aliphatic heterocycles. The predicted octanol–water partition coefficient (Wildman–Crippen LogP) is 0.349. The Balaban J connectivity index is 2.69. The molecule has 0 bridgehead atoms. The Morgan fingerprint density at radius 3 is 2.90 bits per heavy atom. The zero-order chi connectivity index (χ0) is 7.40. The van der Waals surface area contributed by atoms with Gasteiger partial charge in [0.1, 0.15) is 0 Å². The molecule has 0 aromatic carbocycles. The van der Waals surface area contributed by atoms with Crippen molar-refractivity contribution in [2.24, 2.45) is 5.73 Å². The first kappa shape index (κ1) is 7.29. The Bertz CT molecular complexity index is 209. The third-order valence-corrected chi connectivity index (χ3v) is 1.50. The van der Waals surface area contributed by atoms with Gasteiger partial charge in [0.05, 0.1) is 6.61 Å². The summed E-state index contributed by atoms with van der Waals surface area (Å²) >= 11 is 0. The molecule has 0 saturated carbocycles. The Morgan fingerprint density at radius 2 is 2.50 bits per heavy atom. The summed E-state index contributed by atoms with van der Waals surface area (Å²) in [5.74, 6) is 0. The minimum Gasteiger partial charge on any atom is -0.392 e. The summed E-state index contributed by atoms with van der Waals surface area (Å²) in [4.78, 5) is 0. The average molecular weight is 137 g/mol. The van der Waals surface area contributed by atoms with E-state index < -0.39 is 0 Å². The number of allylic oxidation sites excluding steroid dienone is 1. The maximum Gasteiger partial charge on any atom is 0.0684 e. The number of aliphatic hydroxyl groups is 1. The zero-order valence-corrected chi connectivity index (χ0v) is 5.80.